The van der Waals surface area contributed by atoms with Gasteiger partial charge in [-0.3, -0.25) is 4.98 Å². The predicted molar refractivity (Wildman–Crippen MR) is 59.6 cm³/mol. The van der Waals surface area contributed by atoms with Gasteiger partial charge in [0.1, 0.15) is 6.10 Å². The van der Waals surface area contributed by atoms with Crippen molar-refractivity contribution < 1.29 is 15.3 Å². The van der Waals surface area contributed by atoms with E-state index >= 15 is 0 Å². The molecule has 15 heavy (non-hydrogen) atoms. The molecule has 4 nitrogen and oxygen atoms in total. The highest BCUT2D eigenvalue weighted by molar-refractivity contribution is 7.80. The number of aromatic nitrogens is 1. The number of hydrogen-bond acceptors (Lipinski definition) is 5. The van der Waals surface area contributed by atoms with Crippen LogP contribution in [0.2, 0.25) is 0 Å². The zero-order valence-corrected chi connectivity index (χ0v) is 9.14. The molecule has 0 aromatic carbocycles. The zero-order valence-electron chi connectivity index (χ0n) is 8.24. The predicted octanol–water partition coefficient (Wildman–Crippen LogP) is 0.288. The molecule has 0 aliphatic rings. The molecule has 1 rings (SSSR count). The molecular formula is C10H15NO3S. The van der Waals surface area contributed by atoms with E-state index in [0.29, 0.717) is 23.6 Å². The van der Waals surface area contributed by atoms with Crippen LogP contribution in [0.15, 0.2) is 18.2 Å². The van der Waals surface area contributed by atoms with Gasteiger partial charge in [-0.15, -0.1) is 0 Å². The highest BCUT2D eigenvalue weighted by Crippen LogP contribution is 2.17. The molecule has 0 aliphatic carbocycles. The van der Waals surface area contributed by atoms with E-state index in [9.17, 15) is 10.2 Å². The van der Waals surface area contributed by atoms with E-state index in [1.807, 2.05) is 0 Å². The molecule has 1 aromatic rings. The molecule has 2 atom stereocenters. The van der Waals surface area contributed by atoms with E-state index in [1.165, 1.54) is 0 Å². The first-order valence-electron chi connectivity index (χ1n) is 4.72. The summed E-state index contributed by atoms with van der Waals surface area (Å²) in [6.45, 7) is -0.177. The minimum atomic E-state index is -1.02. The van der Waals surface area contributed by atoms with Gasteiger partial charge in [-0.05, 0) is 24.3 Å². The van der Waals surface area contributed by atoms with Crippen LogP contribution in [0.25, 0.3) is 0 Å². The van der Waals surface area contributed by atoms with Crippen molar-refractivity contribution >= 4 is 12.6 Å². The highest BCUT2D eigenvalue weighted by atomic mass is 32.1. The first kappa shape index (κ1) is 12.4. The van der Waals surface area contributed by atoms with Crippen molar-refractivity contribution in [2.24, 2.45) is 0 Å². The van der Waals surface area contributed by atoms with Crippen LogP contribution in [0, 0.1) is 0 Å². The molecule has 0 aliphatic heterocycles. The maximum absolute atomic E-state index is 9.71. The average Bonchev–Trinajstić information content (AvgIpc) is 2.28. The molecule has 0 radical (unpaired) electrons. The quantitative estimate of drug-likeness (QED) is 0.548. The van der Waals surface area contributed by atoms with Gasteiger partial charge in [0.25, 0.3) is 0 Å². The first-order chi connectivity index (χ1) is 7.19. The van der Waals surface area contributed by atoms with E-state index in [-0.39, 0.29) is 6.61 Å². The Balaban J connectivity index is 2.76. The van der Waals surface area contributed by atoms with E-state index in [4.69, 9.17) is 5.11 Å². The molecule has 0 fully saturated rings. The van der Waals surface area contributed by atoms with Crippen molar-refractivity contribution in [3.05, 3.63) is 29.6 Å². The second kappa shape index (κ2) is 6.07. The molecule has 5 heteroatoms. The second-order valence-corrected chi connectivity index (χ2v) is 3.68. The summed E-state index contributed by atoms with van der Waals surface area (Å²) in [4.78, 5) is 4.01. The smallest absolute Gasteiger partial charge is 0.122 e. The third-order valence-corrected chi connectivity index (χ3v) is 2.34. The Bertz CT molecular complexity index is 308. The number of pyridine rings is 1. The van der Waals surface area contributed by atoms with E-state index in [2.05, 4.69) is 17.6 Å². The SMILES string of the molecule is OCc1cccc(C(O)C(O)CCS)n1. The van der Waals surface area contributed by atoms with E-state index in [0.717, 1.165) is 0 Å². The summed E-state index contributed by atoms with van der Waals surface area (Å²) in [5, 5.41) is 28.1. The summed E-state index contributed by atoms with van der Waals surface area (Å²) in [7, 11) is 0. The topological polar surface area (TPSA) is 73.6 Å². The van der Waals surface area contributed by atoms with Crippen LogP contribution in [-0.4, -0.2) is 32.2 Å². The van der Waals surface area contributed by atoms with Crippen molar-refractivity contribution in [3.8, 4) is 0 Å². The van der Waals surface area contributed by atoms with Crippen LogP contribution in [0.5, 0.6) is 0 Å². The summed E-state index contributed by atoms with van der Waals surface area (Å²) < 4.78 is 0. The molecule has 2 unspecified atom stereocenters. The van der Waals surface area contributed by atoms with Crippen LogP contribution in [-0.2, 0) is 6.61 Å². The summed E-state index contributed by atoms with van der Waals surface area (Å²) >= 11 is 3.97. The lowest BCUT2D eigenvalue weighted by Gasteiger charge is -2.16. The maximum atomic E-state index is 9.71. The Morgan fingerprint density at radius 2 is 2.07 bits per heavy atom. The lowest BCUT2D eigenvalue weighted by molar-refractivity contribution is 0.0144. The lowest BCUT2D eigenvalue weighted by atomic mass is 10.1. The van der Waals surface area contributed by atoms with Gasteiger partial charge in [0.2, 0.25) is 0 Å². The van der Waals surface area contributed by atoms with E-state index in [1.54, 1.807) is 18.2 Å². The summed E-state index contributed by atoms with van der Waals surface area (Å²) in [6.07, 6.45) is -1.50. The van der Waals surface area contributed by atoms with Crippen molar-refractivity contribution in [2.75, 3.05) is 5.75 Å². The van der Waals surface area contributed by atoms with Gasteiger partial charge in [0.05, 0.1) is 24.1 Å². The fourth-order valence-corrected chi connectivity index (χ4v) is 1.50. The normalized spacial score (nSPS) is 14.9. The van der Waals surface area contributed by atoms with Crippen LogP contribution in [0.4, 0.5) is 0 Å². The molecule has 0 bridgehead atoms. The van der Waals surface area contributed by atoms with Gasteiger partial charge < -0.3 is 15.3 Å². The molecule has 1 aromatic heterocycles. The molecule has 84 valence electrons. The second-order valence-electron chi connectivity index (χ2n) is 3.24. The summed E-state index contributed by atoms with van der Waals surface area (Å²) in [5.74, 6) is 0.498. The van der Waals surface area contributed by atoms with Crippen molar-refractivity contribution in [2.45, 2.75) is 25.2 Å². The largest absolute Gasteiger partial charge is 0.390 e. The Kier molecular flexibility index (Phi) is 5.04. The molecule has 1 heterocycles. The monoisotopic (exact) mass is 229 g/mol. The van der Waals surface area contributed by atoms with Crippen molar-refractivity contribution in [3.63, 3.8) is 0 Å². The number of aliphatic hydroxyl groups is 3. The number of rotatable bonds is 5. The standard InChI is InChI=1S/C10H15NO3S/c12-6-7-2-1-3-8(11-7)10(14)9(13)4-5-15/h1-3,9-10,12-15H,4-6H2. The number of nitrogens with zero attached hydrogens (tertiary/aromatic N) is 1. The zero-order chi connectivity index (χ0) is 11.3. The minimum absolute atomic E-state index is 0.177. The van der Waals surface area contributed by atoms with Crippen LogP contribution >= 0.6 is 12.6 Å². The molecule has 0 amide bonds. The van der Waals surface area contributed by atoms with Crippen LogP contribution in [0.3, 0.4) is 0 Å². The number of aliphatic hydroxyl groups excluding tert-OH is 3. The first-order valence-corrected chi connectivity index (χ1v) is 5.36. The Morgan fingerprint density at radius 3 is 2.67 bits per heavy atom. The lowest BCUT2D eigenvalue weighted by Crippen LogP contribution is -2.20. The van der Waals surface area contributed by atoms with Gasteiger partial charge in [0, 0.05) is 0 Å². The van der Waals surface area contributed by atoms with E-state index < -0.39 is 12.2 Å². The summed E-state index contributed by atoms with van der Waals surface area (Å²) in [6, 6.07) is 4.96. The highest BCUT2D eigenvalue weighted by Gasteiger charge is 2.18. The van der Waals surface area contributed by atoms with Gasteiger partial charge in [0.15, 0.2) is 0 Å². The van der Waals surface area contributed by atoms with Crippen molar-refractivity contribution in [1.29, 1.82) is 0 Å². The van der Waals surface area contributed by atoms with Crippen LogP contribution in [0.1, 0.15) is 23.9 Å². The van der Waals surface area contributed by atoms with Gasteiger partial charge in [-0.25, -0.2) is 0 Å². The Labute approximate surface area is 94.0 Å². The Morgan fingerprint density at radius 1 is 1.33 bits per heavy atom. The minimum Gasteiger partial charge on any atom is -0.390 e. The fraction of sp³-hybridized carbons (Fsp3) is 0.500. The molecule has 0 spiro atoms. The fourth-order valence-electron chi connectivity index (χ4n) is 1.24. The maximum Gasteiger partial charge on any atom is 0.122 e. The Hall–Kier alpha value is -0.620. The molecule has 0 saturated heterocycles. The van der Waals surface area contributed by atoms with Gasteiger partial charge in [-0.1, -0.05) is 6.07 Å². The average molecular weight is 229 g/mol. The van der Waals surface area contributed by atoms with Crippen LogP contribution < -0.4 is 0 Å². The summed E-state index contributed by atoms with van der Waals surface area (Å²) in [5.41, 5.74) is 0.848. The number of hydrogen-bond donors (Lipinski definition) is 4. The van der Waals surface area contributed by atoms with Gasteiger partial charge in [-0.2, -0.15) is 12.6 Å². The third-order valence-electron chi connectivity index (χ3n) is 2.08. The molecule has 3 N–H and O–H groups in total. The molecule has 0 saturated carbocycles. The number of thiol groups is 1. The van der Waals surface area contributed by atoms with Gasteiger partial charge >= 0.3 is 0 Å². The molecular weight excluding hydrogens is 214 g/mol. The third kappa shape index (κ3) is 3.46. The van der Waals surface area contributed by atoms with Crippen molar-refractivity contribution in [1.82, 2.24) is 4.98 Å².